The van der Waals surface area contributed by atoms with Crippen molar-refractivity contribution in [2.75, 3.05) is 19.0 Å². The molecule has 0 saturated heterocycles. The molecule has 2 aromatic rings. The van der Waals surface area contributed by atoms with Crippen LogP contribution in [-0.2, 0) is 14.8 Å². The van der Waals surface area contributed by atoms with Gasteiger partial charge in [-0.3, -0.25) is 4.79 Å². The summed E-state index contributed by atoms with van der Waals surface area (Å²) >= 11 is 0. The van der Waals surface area contributed by atoms with Crippen molar-refractivity contribution in [3.8, 4) is 0 Å². The van der Waals surface area contributed by atoms with Gasteiger partial charge in [-0.05, 0) is 42.0 Å². The third-order valence-corrected chi connectivity index (χ3v) is 4.82. The van der Waals surface area contributed by atoms with Gasteiger partial charge in [0.1, 0.15) is 0 Å². The van der Waals surface area contributed by atoms with Crippen molar-refractivity contribution >= 4 is 27.7 Å². The molecule has 0 fully saturated rings. The van der Waals surface area contributed by atoms with E-state index in [1.165, 1.54) is 30.6 Å². The first-order valence-electron chi connectivity index (χ1n) is 6.63. The molecule has 2 rings (SSSR count). The van der Waals surface area contributed by atoms with Crippen LogP contribution in [-0.4, -0.2) is 37.5 Å². The van der Waals surface area contributed by atoms with Crippen LogP contribution in [0, 0.1) is 0 Å². The van der Waals surface area contributed by atoms with E-state index in [2.05, 4.69) is 0 Å². The number of nitrogens with zero attached hydrogens (tertiary/aromatic N) is 2. The Morgan fingerprint density at radius 2 is 1.83 bits per heavy atom. The minimum Gasteiger partial charge on any atom is -0.503 e. The first-order chi connectivity index (χ1) is 10.7. The highest BCUT2D eigenvalue weighted by molar-refractivity contribution is 7.90. The third-order valence-electron chi connectivity index (χ3n) is 3.17. The van der Waals surface area contributed by atoms with Crippen LogP contribution in [0.15, 0.2) is 53.4 Å². The molecule has 8 heteroatoms. The zero-order valence-corrected chi connectivity index (χ0v) is 13.5. The van der Waals surface area contributed by atoms with Crippen molar-refractivity contribution in [3.05, 3.63) is 54.0 Å². The van der Waals surface area contributed by atoms with Crippen molar-refractivity contribution in [3.63, 3.8) is 0 Å². The van der Waals surface area contributed by atoms with Gasteiger partial charge in [0.25, 0.3) is 15.9 Å². The zero-order chi connectivity index (χ0) is 17.2. The van der Waals surface area contributed by atoms with Gasteiger partial charge >= 0.3 is 0 Å². The second kappa shape index (κ2) is 6.17. The maximum Gasteiger partial charge on any atom is 0.283 e. The zero-order valence-electron chi connectivity index (χ0n) is 12.7. The fraction of sp³-hybridized carbons (Fsp3) is 0.133. The molecule has 23 heavy (non-hydrogen) atoms. The Balaban J connectivity index is 2.35. The van der Waals surface area contributed by atoms with Crippen LogP contribution in [0.4, 0.5) is 5.69 Å². The molecule has 1 aromatic carbocycles. The Morgan fingerprint density at radius 1 is 1.22 bits per heavy atom. The number of primary amides is 1. The highest BCUT2D eigenvalue weighted by Crippen LogP contribution is 2.19. The minimum absolute atomic E-state index is 0.133. The number of hydrogen-bond donors (Lipinski definition) is 2. The van der Waals surface area contributed by atoms with Gasteiger partial charge in [0.05, 0.1) is 4.90 Å². The van der Waals surface area contributed by atoms with Gasteiger partial charge in [0.2, 0.25) is 0 Å². The monoisotopic (exact) mass is 335 g/mol. The van der Waals surface area contributed by atoms with Gasteiger partial charge < -0.3 is 15.7 Å². The molecule has 3 N–H and O–H groups in total. The highest BCUT2D eigenvalue weighted by Gasteiger charge is 2.16. The van der Waals surface area contributed by atoms with Crippen LogP contribution in [0.1, 0.15) is 5.56 Å². The number of rotatable bonds is 5. The molecule has 0 unspecified atom stereocenters. The minimum atomic E-state index is -3.75. The standard InChI is InChI=1S/C15H17N3O4S/c1-17(2)12-3-5-13(6-4-12)23(21,22)18-8-7-11(10-18)9-14(19)15(16)20/h3-10,19H,1-2H3,(H2,16,20)/b14-9+. The second-order valence-corrected chi connectivity index (χ2v) is 6.91. The maximum absolute atomic E-state index is 12.5. The van der Waals surface area contributed by atoms with Gasteiger partial charge in [-0.1, -0.05) is 0 Å². The van der Waals surface area contributed by atoms with E-state index >= 15 is 0 Å². The number of nitrogens with two attached hydrogens (primary N) is 1. The van der Waals surface area contributed by atoms with Crippen LogP contribution in [0.3, 0.4) is 0 Å². The van der Waals surface area contributed by atoms with Crippen molar-refractivity contribution < 1.29 is 18.3 Å². The average Bonchev–Trinajstić information content (AvgIpc) is 2.96. The van der Waals surface area contributed by atoms with E-state index in [-0.39, 0.29) is 4.90 Å². The summed E-state index contributed by atoms with van der Waals surface area (Å²) in [5, 5.41) is 9.31. The first-order valence-corrected chi connectivity index (χ1v) is 8.07. The van der Waals surface area contributed by atoms with Gasteiger partial charge in [-0.25, -0.2) is 12.4 Å². The summed E-state index contributed by atoms with van der Waals surface area (Å²) in [6.45, 7) is 0. The number of carbonyl (C=O) groups excluding carboxylic acids is 1. The van der Waals surface area contributed by atoms with Gasteiger partial charge in [0, 0.05) is 32.2 Å². The summed E-state index contributed by atoms with van der Waals surface area (Å²) in [5.41, 5.74) is 6.14. The number of carbonyl (C=O) groups is 1. The fourth-order valence-electron chi connectivity index (χ4n) is 1.89. The Bertz CT molecular complexity index is 849. The summed E-state index contributed by atoms with van der Waals surface area (Å²) in [6, 6.07) is 7.89. The summed E-state index contributed by atoms with van der Waals surface area (Å²) in [7, 11) is -0.0248. The van der Waals surface area contributed by atoms with Gasteiger partial charge in [0.15, 0.2) is 5.76 Å². The lowest BCUT2D eigenvalue weighted by Crippen LogP contribution is -2.13. The number of hydrogen-bond acceptors (Lipinski definition) is 5. The Morgan fingerprint density at radius 3 is 2.35 bits per heavy atom. The molecule has 1 amide bonds. The first kappa shape index (κ1) is 16.6. The topological polar surface area (TPSA) is 106 Å². The van der Waals surface area contributed by atoms with Gasteiger partial charge in [-0.15, -0.1) is 0 Å². The lowest BCUT2D eigenvalue weighted by atomic mass is 10.3. The number of aromatic nitrogens is 1. The predicted molar refractivity (Wildman–Crippen MR) is 87.6 cm³/mol. The molecular weight excluding hydrogens is 318 g/mol. The fourth-order valence-corrected chi connectivity index (χ4v) is 3.10. The summed E-state index contributed by atoms with van der Waals surface area (Å²) in [4.78, 5) is 12.8. The van der Waals surface area contributed by atoms with Crippen molar-refractivity contribution in [2.45, 2.75) is 4.90 Å². The number of aliphatic hydroxyl groups excluding tert-OH is 1. The quantitative estimate of drug-likeness (QED) is 0.630. The summed E-state index contributed by atoms with van der Waals surface area (Å²) in [5.74, 6) is -1.63. The van der Waals surface area contributed by atoms with E-state index in [4.69, 9.17) is 5.73 Å². The van der Waals surface area contributed by atoms with Crippen LogP contribution in [0.25, 0.3) is 6.08 Å². The van der Waals surface area contributed by atoms with E-state index in [1.54, 1.807) is 12.1 Å². The van der Waals surface area contributed by atoms with E-state index in [0.29, 0.717) is 5.56 Å². The summed E-state index contributed by atoms with van der Waals surface area (Å²) < 4.78 is 26.1. The maximum atomic E-state index is 12.5. The predicted octanol–water partition coefficient (Wildman–Crippen LogP) is 1.18. The lowest BCUT2D eigenvalue weighted by Gasteiger charge is -2.13. The van der Waals surface area contributed by atoms with Crippen molar-refractivity contribution in [2.24, 2.45) is 5.73 Å². The molecule has 7 nitrogen and oxygen atoms in total. The number of amides is 1. The Kier molecular flexibility index (Phi) is 4.46. The van der Waals surface area contributed by atoms with E-state index in [0.717, 1.165) is 15.7 Å². The average molecular weight is 335 g/mol. The largest absolute Gasteiger partial charge is 0.503 e. The van der Waals surface area contributed by atoms with Crippen LogP contribution < -0.4 is 10.6 Å². The van der Waals surface area contributed by atoms with E-state index in [1.807, 2.05) is 19.0 Å². The van der Waals surface area contributed by atoms with Crippen molar-refractivity contribution in [1.82, 2.24) is 3.97 Å². The number of aliphatic hydroxyl groups is 1. The molecule has 122 valence electrons. The smallest absolute Gasteiger partial charge is 0.283 e. The molecule has 0 spiro atoms. The molecule has 0 radical (unpaired) electrons. The van der Waals surface area contributed by atoms with Crippen LogP contribution in [0.2, 0.25) is 0 Å². The normalized spacial score (nSPS) is 12.2. The van der Waals surface area contributed by atoms with Gasteiger partial charge in [-0.2, -0.15) is 0 Å². The van der Waals surface area contributed by atoms with Crippen LogP contribution >= 0.6 is 0 Å². The highest BCUT2D eigenvalue weighted by atomic mass is 32.2. The Hall–Kier alpha value is -2.74. The summed E-state index contributed by atoms with van der Waals surface area (Å²) in [6.07, 6.45) is 3.72. The molecule has 0 saturated carbocycles. The molecule has 1 aromatic heterocycles. The number of anilines is 1. The molecule has 0 aliphatic heterocycles. The molecule has 0 aliphatic carbocycles. The molecule has 1 heterocycles. The third kappa shape index (κ3) is 3.54. The molecular formula is C15H17N3O4S. The second-order valence-electron chi connectivity index (χ2n) is 5.06. The number of benzene rings is 1. The van der Waals surface area contributed by atoms with Crippen LogP contribution in [0.5, 0.6) is 0 Å². The Labute approximate surface area is 134 Å². The van der Waals surface area contributed by atoms with E-state index < -0.39 is 21.7 Å². The van der Waals surface area contributed by atoms with E-state index in [9.17, 15) is 18.3 Å². The molecule has 0 atom stereocenters. The lowest BCUT2D eigenvalue weighted by molar-refractivity contribution is -0.116. The molecule has 0 aliphatic rings. The van der Waals surface area contributed by atoms with Crippen molar-refractivity contribution in [1.29, 1.82) is 0 Å². The SMILES string of the molecule is CN(C)c1ccc(S(=O)(=O)n2ccc(/C=C(/O)C(N)=O)c2)cc1. The molecule has 0 bridgehead atoms.